The van der Waals surface area contributed by atoms with E-state index in [0.29, 0.717) is 27.2 Å². The molecule has 0 saturated carbocycles. The van der Waals surface area contributed by atoms with Crippen molar-refractivity contribution in [1.29, 1.82) is 0 Å². The lowest BCUT2D eigenvalue weighted by atomic mass is 10.1. The largest absolute Gasteiger partial charge is 0.325 e. The van der Waals surface area contributed by atoms with Crippen LogP contribution in [0.5, 0.6) is 0 Å². The van der Waals surface area contributed by atoms with Crippen LogP contribution in [0.15, 0.2) is 26.4 Å². The number of thioether (sulfide) groups is 1. The zero-order valence-corrected chi connectivity index (χ0v) is 10.8. The average molecular weight is 314 g/mol. The minimum Gasteiger partial charge on any atom is -0.325 e. The van der Waals surface area contributed by atoms with E-state index >= 15 is 0 Å². The second-order valence-electron chi connectivity index (χ2n) is 3.65. The van der Waals surface area contributed by atoms with E-state index in [4.69, 9.17) is 0 Å². The number of benzene rings is 1. The standard InChI is InChI=1S/C11H5BrFNO2S/c12-7-2-9-5(1-8(7)13)10(16)6(3-15)11-14(9)4-17-11/h1-3H,4H2. The number of pyridine rings is 1. The van der Waals surface area contributed by atoms with Crippen LogP contribution in [0, 0.1) is 5.82 Å². The molecule has 1 aromatic carbocycles. The minimum absolute atomic E-state index is 0.121. The molecule has 0 saturated heterocycles. The van der Waals surface area contributed by atoms with E-state index in [0.717, 1.165) is 0 Å². The van der Waals surface area contributed by atoms with Gasteiger partial charge >= 0.3 is 0 Å². The molecule has 0 atom stereocenters. The summed E-state index contributed by atoms with van der Waals surface area (Å²) in [5.74, 6) is 0.171. The summed E-state index contributed by atoms with van der Waals surface area (Å²) >= 11 is 4.54. The molecule has 3 rings (SSSR count). The van der Waals surface area contributed by atoms with E-state index in [2.05, 4.69) is 15.9 Å². The van der Waals surface area contributed by atoms with Gasteiger partial charge in [0.25, 0.3) is 0 Å². The summed E-state index contributed by atoms with van der Waals surface area (Å²) in [5.41, 5.74) is 0.373. The van der Waals surface area contributed by atoms with Gasteiger partial charge in [-0.2, -0.15) is 0 Å². The van der Waals surface area contributed by atoms with Gasteiger partial charge in [0.1, 0.15) is 5.82 Å². The van der Waals surface area contributed by atoms with Gasteiger partial charge in [0.2, 0.25) is 5.43 Å². The summed E-state index contributed by atoms with van der Waals surface area (Å²) in [6.07, 6.45) is 0.541. The topological polar surface area (TPSA) is 39.1 Å². The smallest absolute Gasteiger partial charge is 0.201 e. The van der Waals surface area contributed by atoms with Crippen molar-refractivity contribution in [1.82, 2.24) is 4.57 Å². The first-order valence-electron chi connectivity index (χ1n) is 4.77. The van der Waals surface area contributed by atoms with Gasteiger partial charge in [0.05, 0.1) is 26.5 Å². The summed E-state index contributed by atoms with van der Waals surface area (Å²) in [6, 6.07) is 2.74. The summed E-state index contributed by atoms with van der Waals surface area (Å²) in [5, 5.41) is 0.910. The Balaban J connectivity index is 2.56. The normalized spacial score (nSPS) is 13.3. The van der Waals surface area contributed by atoms with Crippen molar-refractivity contribution in [2.75, 3.05) is 0 Å². The molecule has 0 spiro atoms. The van der Waals surface area contributed by atoms with E-state index < -0.39 is 11.2 Å². The van der Waals surface area contributed by atoms with Crippen LogP contribution in [0.4, 0.5) is 4.39 Å². The van der Waals surface area contributed by atoms with Crippen molar-refractivity contribution in [2.24, 2.45) is 0 Å². The molecule has 6 heteroatoms. The molecule has 2 aromatic rings. The Hall–Kier alpha value is -1.14. The van der Waals surface area contributed by atoms with Gasteiger partial charge in [0, 0.05) is 5.39 Å². The summed E-state index contributed by atoms with van der Waals surface area (Å²) in [6.45, 7) is 0. The van der Waals surface area contributed by atoms with Crippen LogP contribution < -0.4 is 5.43 Å². The zero-order chi connectivity index (χ0) is 12.2. The molecule has 17 heavy (non-hydrogen) atoms. The number of fused-ring (bicyclic) bond motifs is 3. The Bertz CT molecular complexity index is 726. The lowest BCUT2D eigenvalue weighted by molar-refractivity contribution is 0.111. The van der Waals surface area contributed by atoms with Gasteiger partial charge in [-0.1, -0.05) is 11.8 Å². The number of aromatic nitrogens is 1. The summed E-state index contributed by atoms with van der Waals surface area (Å²) in [7, 11) is 0. The summed E-state index contributed by atoms with van der Waals surface area (Å²) in [4.78, 5) is 22.9. The maximum Gasteiger partial charge on any atom is 0.201 e. The Labute approximate surface area is 108 Å². The third-order valence-electron chi connectivity index (χ3n) is 2.74. The number of aldehydes is 1. The molecule has 0 aliphatic carbocycles. The number of hydrogen-bond acceptors (Lipinski definition) is 3. The van der Waals surface area contributed by atoms with Gasteiger partial charge in [-0.05, 0) is 28.1 Å². The van der Waals surface area contributed by atoms with Crippen LogP contribution >= 0.6 is 27.7 Å². The highest BCUT2D eigenvalue weighted by molar-refractivity contribution is 9.10. The molecule has 86 valence electrons. The molecule has 1 aromatic heterocycles. The third-order valence-corrected chi connectivity index (χ3v) is 4.45. The van der Waals surface area contributed by atoms with Crippen molar-refractivity contribution in [3.63, 3.8) is 0 Å². The first-order valence-corrected chi connectivity index (χ1v) is 6.55. The lowest BCUT2D eigenvalue weighted by Gasteiger charge is -2.25. The fourth-order valence-corrected chi connectivity index (χ4v) is 3.14. The Kier molecular flexibility index (Phi) is 2.38. The Morgan fingerprint density at radius 3 is 2.82 bits per heavy atom. The van der Waals surface area contributed by atoms with Crippen molar-refractivity contribution in [2.45, 2.75) is 10.9 Å². The van der Waals surface area contributed by atoms with Gasteiger partial charge in [-0.15, -0.1) is 0 Å². The van der Waals surface area contributed by atoms with Crippen LogP contribution in [0.3, 0.4) is 0 Å². The molecule has 2 heterocycles. The van der Waals surface area contributed by atoms with Crippen molar-refractivity contribution < 1.29 is 9.18 Å². The first kappa shape index (κ1) is 11.0. The zero-order valence-electron chi connectivity index (χ0n) is 8.37. The van der Waals surface area contributed by atoms with Crippen LogP contribution in [0.2, 0.25) is 0 Å². The van der Waals surface area contributed by atoms with Crippen molar-refractivity contribution >= 4 is 44.9 Å². The van der Waals surface area contributed by atoms with Gasteiger partial charge in [-0.25, -0.2) is 4.39 Å². The van der Waals surface area contributed by atoms with E-state index in [9.17, 15) is 14.0 Å². The molecule has 0 unspecified atom stereocenters. The second-order valence-corrected chi connectivity index (χ2v) is 5.44. The second kappa shape index (κ2) is 3.68. The quantitative estimate of drug-likeness (QED) is 0.760. The van der Waals surface area contributed by atoms with Crippen LogP contribution in [-0.2, 0) is 5.88 Å². The van der Waals surface area contributed by atoms with Gasteiger partial charge < -0.3 is 4.57 Å². The van der Waals surface area contributed by atoms with Crippen LogP contribution in [-0.4, -0.2) is 10.9 Å². The Morgan fingerprint density at radius 1 is 1.47 bits per heavy atom. The lowest BCUT2D eigenvalue weighted by Crippen LogP contribution is -2.22. The highest BCUT2D eigenvalue weighted by Gasteiger charge is 2.24. The number of nitrogens with zero attached hydrogens (tertiary/aromatic N) is 1. The molecule has 0 N–H and O–H groups in total. The molecule has 0 fully saturated rings. The minimum atomic E-state index is -0.501. The Morgan fingerprint density at radius 2 is 2.24 bits per heavy atom. The molecule has 1 aliphatic heterocycles. The fraction of sp³-hybridized carbons (Fsp3) is 0.0909. The molecular weight excluding hydrogens is 309 g/mol. The molecule has 1 aliphatic rings. The molecule has 0 amide bonds. The fourth-order valence-electron chi connectivity index (χ4n) is 1.88. The van der Waals surface area contributed by atoms with E-state index in [1.807, 2.05) is 4.57 Å². The van der Waals surface area contributed by atoms with Crippen molar-refractivity contribution in [3.05, 3.63) is 38.2 Å². The number of rotatable bonds is 1. The number of hydrogen-bond donors (Lipinski definition) is 0. The van der Waals surface area contributed by atoms with Crippen LogP contribution in [0.25, 0.3) is 10.9 Å². The molecule has 3 nitrogen and oxygen atoms in total. The molecular formula is C11H5BrFNO2S. The number of halogens is 2. The first-order chi connectivity index (χ1) is 8.13. The van der Waals surface area contributed by atoms with E-state index in [1.54, 1.807) is 6.07 Å². The van der Waals surface area contributed by atoms with E-state index in [1.165, 1.54) is 17.8 Å². The highest BCUT2D eigenvalue weighted by Crippen LogP contribution is 2.36. The number of carbonyl (C=O) groups excluding carboxylic acids is 1. The maximum atomic E-state index is 13.4. The van der Waals surface area contributed by atoms with E-state index in [-0.39, 0.29) is 10.9 Å². The number of carbonyl (C=O) groups is 1. The average Bonchev–Trinajstić information content (AvgIpc) is 2.26. The van der Waals surface area contributed by atoms with Crippen LogP contribution in [0.1, 0.15) is 10.4 Å². The highest BCUT2D eigenvalue weighted by atomic mass is 79.9. The van der Waals surface area contributed by atoms with Gasteiger partial charge in [-0.3, -0.25) is 9.59 Å². The van der Waals surface area contributed by atoms with Crippen molar-refractivity contribution in [3.8, 4) is 0 Å². The molecule has 0 radical (unpaired) electrons. The molecule has 0 bridgehead atoms. The predicted molar refractivity (Wildman–Crippen MR) is 67.1 cm³/mol. The maximum absolute atomic E-state index is 13.4. The SMILES string of the molecule is O=Cc1c2n(c3cc(Br)c(F)cc3c1=O)CS2. The summed E-state index contributed by atoms with van der Waals surface area (Å²) < 4.78 is 15.6. The monoisotopic (exact) mass is 313 g/mol. The predicted octanol–water partition coefficient (Wildman–Crippen LogP) is 2.78. The van der Waals surface area contributed by atoms with Gasteiger partial charge in [0.15, 0.2) is 6.29 Å². The third kappa shape index (κ3) is 1.40.